The highest BCUT2D eigenvalue weighted by Gasteiger charge is 2.36. The molecule has 1 aliphatic heterocycles. The first-order chi connectivity index (χ1) is 10.0. The van der Waals surface area contributed by atoms with Crippen LogP contribution in [0.25, 0.3) is 0 Å². The average molecular weight is 289 g/mol. The first kappa shape index (κ1) is 13.8. The van der Waals surface area contributed by atoms with Gasteiger partial charge in [-0.3, -0.25) is 4.79 Å². The van der Waals surface area contributed by atoms with Gasteiger partial charge in [0.15, 0.2) is 0 Å². The molecular weight excluding hydrogens is 273 g/mol. The lowest BCUT2D eigenvalue weighted by Gasteiger charge is -2.24. The Morgan fingerprint density at radius 3 is 2.71 bits per heavy atom. The van der Waals surface area contributed by atoms with Gasteiger partial charge < -0.3 is 14.4 Å². The zero-order valence-electron chi connectivity index (χ0n) is 11.6. The van der Waals surface area contributed by atoms with Gasteiger partial charge in [-0.2, -0.15) is 0 Å². The molecule has 0 saturated carbocycles. The molecule has 5 heteroatoms. The van der Waals surface area contributed by atoms with Crippen molar-refractivity contribution in [2.45, 2.75) is 25.5 Å². The lowest BCUT2D eigenvalue weighted by Crippen LogP contribution is -2.31. The molecule has 0 spiro atoms. The Morgan fingerprint density at radius 1 is 1.38 bits per heavy atom. The summed E-state index contributed by atoms with van der Waals surface area (Å²) in [7, 11) is 0. The Balaban J connectivity index is 1.88. The van der Waals surface area contributed by atoms with Crippen LogP contribution in [0.3, 0.4) is 0 Å². The molecule has 1 N–H and O–H groups in total. The van der Waals surface area contributed by atoms with Crippen molar-refractivity contribution in [1.82, 2.24) is 4.90 Å². The molecule has 1 amide bonds. The summed E-state index contributed by atoms with van der Waals surface area (Å²) >= 11 is 0. The van der Waals surface area contributed by atoms with E-state index in [1.165, 1.54) is 18.4 Å². The summed E-state index contributed by atoms with van der Waals surface area (Å²) in [5.74, 6) is 0.162. The molecule has 3 rings (SSSR count). The quantitative estimate of drug-likeness (QED) is 0.924. The van der Waals surface area contributed by atoms with Gasteiger partial charge in [0.05, 0.1) is 17.7 Å². The first-order valence-corrected chi connectivity index (χ1v) is 6.84. The monoisotopic (exact) mass is 289 g/mol. The summed E-state index contributed by atoms with van der Waals surface area (Å²) in [6, 6.07) is 7.46. The van der Waals surface area contributed by atoms with E-state index in [9.17, 15) is 14.3 Å². The molecule has 1 aromatic carbocycles. The molecule has 1 aromatic heterocycles. The minimum atomic E-state index is -0.572. The van der Waals surface area contributed by atoms with E-state index in [0.29, 0.717) is 17.7 Å². The van der Waals surface area contributed by atoms with Crippen molar-refractivity contribution in [1.29, 1.82) is 0 Å². The zero-order valence-corrected chi connectivity index (χ0v) is 11.6. The number of furan rings is 1. The number of hydrogen-bond acceptors (Lipinski definition) is 3. The summed E-state index contributed by atoms with van der Waals surface area (Å²) in [5, 5.41) is 9.90. The lowest BCUT2D eigenvalue weighted by atomic mass is 10.0. The number of amides is 1. The van der Waals surface area contributed by atoms with Crippen molar-refractivity contribution in [2.75, 3.05) is 6.54 Å². The van der Waals surface area contributed by atoms with Crippen LogP contribution in [0.5, 0.6) is 0 Å². The number of likely N-dealkylation sites (tertiary alicyclic amines) is 1. The van der Waals surface area contributed by atoms with Gasteiger partial charge in [0.1, 0.15) is 17.8 Å². The summed E-state index contributed by atoms with van der Waals surface area (Å²) < 4.78 is 18.2. The van der Waals surface area contributed by atoms with Crippen LogP contribution in [0.4, 0.5) is 4.39 Å². The van der Waals surface area contributed by atoms with Crippen molar-refractivity contribution in [2.24, 2.45) is 0 Å². The number of aliphatic hydroxyl groups excluding tert-OH is 1. The third-order valence-electron chi connectivity index (χ3n) is 3.77. The van der Waals surface area contributed by atoms with Crippen molar-refractivity contribution in [3.05, 3.63) is 59.3 Å². The highest BCUT2D eigenvalue weighted by molar-refractivity contribution is 5.94. The first-order valence-electron chi connectivity index (χ1n) is 6.84. The van der Waals surface area contributed by atoms with E-state index in [0.717, 1.165) is 5.56 Å². The van der Waals surface area contributed by atoms with E-state index in [-0.39, 0.29) is 24.3 Å². The van der Waals surface area contributed by atoms with Crippen LogP contribution in [0.1, 0.15) is 34.1 Å². The summed E-state index contributed by atoms with van der Waals surface area (Å²) in [6.45, 7) is 2.04. The average Bonchev–Trinajstić information content (AvgIpc) is 3.05. The fourth-order valence-corrected chi connectivity index (χ4v) is 2.76. The molecule has 2 aromatic rings. The molecule has 110 valence electrons. The predicted molar refractivity (Wildman–Crippen MR) is 74.2 cm³/mol. The maximum Gasteiger partial charge on any atom is 0.257 e. The van der Waals surface area contributed by atoms with E-state index in [4.69, 9.17) is 4.42 Å². The molecule has 1 aliphatic rings. The molecule has 0 unspecified atom stereocenters. The smallest absolute Gasteiger partial charge is 0.257 e. The number of aryl methyl sites for hydroxylation is 1. The molecule has 4 nitrogen and oxygen atoms in total. The van der Waals surface area contributed by atoms with E-state index in [1.54, 1.807) is 30.0 Å². The number of aliphatic hydroxyl groups is 1. The zero-order chi connectivity index (χ0) is 15.0. The number of carbonyl (C=O) groups excluding carboxylic acids is 1. The van der Waals surface area contributed by atoms with Crippen LogP contribution in [0.15, 0.2) is 41.0 Å². The van der Waals surface area contributed by atoms with Crippen LogP contribution in [-0.4, -0.2) is 28.6 Å². The number of carbonyl (C=O) groups is 1. The lowest BCUT2D eigenvalue weighted by molar-refractivity contribution is 0.0715. The highest BCUT2D eigenvalue weighted by atomic mass is 19.1. The Morgan fingerprint density at radius 2 is 2.10 bits per heavy atom. The fourth-order valence-electron chi connectivity index (χ4n) is 2.76. The largest absolute Gasteiger partial charge is 0.469 e. The van der Waals surface area contributed by atoms with Crippen molar-refractivity contribution < 1.29 is 18.7 Å². The summed E-state index contributed by atoms with van der Waals surface area (Å²) in [5.41, 5.74) is 1.29. The van der Waals surface area contributed by atoms with E-state index in [1.807, 2.05) is 0 Å². The second-order valence-electron chi connectivity index (χ2n) is 5.36. The van der Waals surface area contributed by atoms with Crippen LogP contribution in [0, 0.1) is 12.7 Å². The molecule has 2 atom stereocenters. The van der Waals surface area contributed by atoms with Gasteiger partial charge >= 0.3 is 0 Å². The maximum absolute atomic E-state index is 13.0. The number of β-amino-alcohol motifs (C(OH)–C–C–N with tert-alkyl or cyclic N) is 1. The number of halogens is 1. The minimum Gasteiger partial charge on any atom is -0.469 e. The maximum atomic E-state index is 13.0. The van der Waals surface area contributed by atoms with Crippen LogP contribution in [0.2, 0.25) is 0 Å². The number of benzene rings is 1. The van der Waals surface area contributed by atoms with Gasteiger partial charge in [0.25, 0.3) is 5.91 Å². The molecule has 1 fully saturated rings. The van der Waals surface area contributed by atoms with Crippen molar-refractivity contribution in [3.63, 3.8) is 0 Å². The Kier molecular flexibility index (Phi) is 3.51. The number of hydrogen-bond donors (Lipinski definition) is 1. The fraction of sp³-hybridized carbons (Fsp3) is 0.312. The summed E-state index contributed by atoms with van der Waals surface area (Å²) in [4.78, 5) is 14.2. The Hall–Kier alpha value is -2.14. The topological polar surface area (TPSA) is 53.7 Å². The Labute approximate surface area is 121 Å². The van der Waals surface area contributed by atoms with Gasteiger partial charge in [0, 0.05) is 6.54 Å². The molecule has 1 saturated heterocycles. The van der Waals surface area contributed by atoms with Crippen LogP contribution >= 0.6 is 0 Å². The standard InChI is InChI=1S/C16H16FNO3/c1-10-6-12(9-21-10)16(20)18-8-14(19)7-15(18)11-2-4-13(17)5-3-11/h2-6,9,14-15,19H,7-8H2,1H3/t14-,15-/m1/s1. The number of rotatable bonds is 2. The molecule has 0 aliphatic carbocycles. The van der Waals surface area contributed by atoms with Crippen molar-refractivity contribution in [3.8, 4) is 0 Å². The predicted octanol–water partition coefficient (Wildman–Crippen LogP) is 2.68. The third-order valence-corrected chi connectivity index (χ3v) is 3.77. The van der Waals surface area contributed by atoms with Gasteiger partial charge in [0.2, 0.25) is 0 Å². The number of nitrogens with zero attached hydrogens (tertiary/aromatic N) is 1. The molecular formula is C16H16FNO3. The summed E-state index contributed by atoms with van der Waals surface area (Å²) in [6.07, 6.45) is 1.30. The van der Waals surface area contributed by atoms with Gasteiger partial charge in [-0.1, -0.05) is 12.1 Å². The van der Waals surface area contributed by atoms with E-state index >= 15 is 0 Å². The van der Waals surface area contributed by atoms with E-state index in [2.05, 4.69) is 0 Å². The SMILES string of the molecule is Cc1cc(C(=O)N2C[C@H](O)C[C@@H]2c2ccc(F)cc2)co1. The van der Waals surface area contributed by atoms with Crippen LogP contribution < -0.4 is 0 Å². The van der Waals surface area contributed by atoms with Crippen molar-refractivity contribution >= 4 is 5.91 Å². The molecule has 0 bridgehead atoms. The minimum absolute atomic E-state index is 0.183. The van der Waals surface area contributed by atoms with Crippen LogP contribution in [-0.2, 0) is 0 Å². The van der Waals surface area contributed by atoms with Gasteiger partial charge in [-0.15, -0.1) is 0 Å². The Bertz CT molecular complexity index is 650. The normalized spacial score (nSPS) is 21.8. The second-order valence-corrected chi connectivity index (χ2v) is 5.36. The molecule has 0 radical (unpaired) electrons. The molecule has 2 heterocycles. The van der Waals surface area contributed by atoms with Gasteiger partial charge in [-0.25, -0.2) is 4.39 Å². The van der Waals surface area contributed by atoms with Gasteiger partial charge in [-0.05, 0) is 37.1 Å². The van der Waals surface area contributed by atoms with E-state index < -0.39 is 6.10 Å². The molecule has 21 heavy (non-hydrogen) atoms. The third kappa shape index (κ3) is 2.69. The highest BCUT2D eigenvalue weighted by Crippen LogP contribution is 2.33. The second kappa shape index (κ2) is 5.33.